The number of carbonyl (C=O) groups is 2. The second-order valence-electron chi connectivity index (χ2n) is 8.02. The molecule has 0 saturated carbocycles. The van der Waals surface area contributed by atoms with Crippen molar-refractivity contribution in [3.63, 3.8) is 0 Å². The fourth-order valence-corrected chi connectivity index (χ4v) is 4.06. The zero-order chi connectivity index (χ0) is 21.9. The van der Waals surface area contributed by atoms with Crippen molar-refractivity contribution < 1.29 is 9.59 Å². The molecule has 0 fully saturated rings. The first-order valence-electron chi connectivity index (χ1n) is 10.3. The van der Waals surface area contributed by atoms with Gasteiger partial charge in [-0.15, -0.1) is 18.9 Å². The van der Waals surface area contributed by atoms with Crippen LogP contribution >= 0.6 is 11.8 Å². The molecule has 0 bridgehead atoms. The summed E-state index contributed by atoms with van der Waals surface area (Å²) in [6.45, 7) is 10.4. The largest absolute Gasteiger partial charge is 0.357 e. The van der Waals surface area contributed by atoms with Crippen LogP contribution < -0.4 is 5.32 Å². The van der Waals surface area contributed by atoms with E-state index in [9.17, 15) is 9.59 Å². The highest BCUT2D eigenvalue weighted by molar-refractivity contribution is 7.99. The highest BCUT2D eigenvalue weighted by atomic mass is 32.2. The summed E-state index contributed by atoms with van der Waals surface area (Å²) in [6.07, 6.45) is 11.1. The van der Waals surface area contributed by atoms with Crippen LogP contribution in [0.25, 0.3) is 0 Å². The Morgan fingerprint density at radius 1 is 1.34 bits per heavy atom. The van der Waals surface area contributed by atoms with Crippen molar-refractivity contribution >= 4 is 23.6 Å². The maximum Gasteiger partial charge on any atom is 0.243 e. The fraction of sp³-hybridized carbons (Fsp3) is 0.727. The Hall–Kier alpha value is -1.81. The summed E-state index contributed by atoms with van der Waals surface area (Å²) < 4.78 is 0. The van der Waals surface area contributed by atoms with Gasteiger partial charge >= 0.3 is 0 Å². The third-order valence-corrected chi connectivity index (χ3v) is 6.51. The molecule has 1 aliphatic rings. The normalized spacial score (nSPS) is 15.3. The Balaban J connectivity index is 2.89. The Kier molecular flexibility index (Phi) is 10.5. The number of rotatable bonds is 15. The molecule has 1 atom stereocenters. The lowest BCUT2D eigenvalue weighted by molar-refractivity contribution is -0.144. The minimum absolute atomic E-state index is 0.0261. The molecule has 1 unspecified atom stereocenters. The van der Waals surface area contributed by atoms with Crippen molar-refractivity contribution in [3.05, 3.63) is 12.7 Å². The number of allylic oxidation sites excluding steroid dienone is 1. The number of terminal acetylenes is 1. The topological polar surface area (TPSA) is 74.1 Å². The number of likely N-dealkylation sites (N-methyl/N-ethyl adjacent to an activating group) is 1. The number of carbonyl (C=O) groups excluding carboxylic acids is 2. The molecule has 0 aromatic carbocycles. The van der Waals surface area contributed by atoms with E-state index in [-0.39, 0.29) is 17.2 Å². The Bertz CT molecular complexity index is 633. The average molecular weight is 421 g/mol. The van der Waals surface area contributed by atoms with Gasteiger partial charge in [0.2, 0.25) is 11.8 Å². The van der Waals surface area contributed by atoms with Crippen molar-refractivity contribution in [1.29, 1.82) is 0 Å². The molecule has 1 heterocycles. The summed E-state index contributed by atoms with van der Waals surface area (Å²) >= 11 is 1.77. The molecule has 0 aromatic heterocycles. The Morgan fingerprint density at radius 3 is 2.55 bits per heavy atom. The molecule has 1 N–H and O–H groups in total. The number of hydrogen-bond acceptors (Lipinski definition) is 5. The van der Waals surface area contributed by atoms with Gasteiger partial charge in [-0.25, -0.2) is 0 Å². The molecule has 6 nitrogen and oxygen atoms in total. The summed E-state index contributed by atoms with van der Waals surface area (Å²) in [5.74, 6) is 4.20. The summed E-state index contributed by atoms with van der Waals surface area (Å²) in [5, 5.41) is 11.0. The third-order valence-electron chi connectivity index (χ3n) is 5.51. The lowest BCUT2D eigenvalue weighted by Gasteiger charge is -2.40. The van der Waals surface area contributed by atoms with E-state index in [0.29, 0.717) is 32.2 Å². The molecule has 1 rings (SSSR count). The van der Waals surface area contributed by atoms with E-state index >= 15 is 0 Å². The highest BCUT2D eigenvalue weighted by Crippen LogP contribution is 2.38. The van der Waals surface area contributed by atoms with Crippen LogP contribution in [0, 0.1) is 17.8 Å². The van der Waals surface area contributed by atoms with Gasteiger partial charge < -0.3 is 10.2 Å². The van der Waals surface area contributed by atoms with E-state index in [0.717, 1.165) is 24.3 Å². The molecular weight excluding hydrogens is 384 g/mol. The molecular formula is C22H36N4O2S. The van der Waals surface area contributed by atoms with Gasteiger partial charge in [-0.1, -0.05) is 26.8 Å². The van der Waals surface area contributed by atoms with Crippen LogP contribution in [0.2, 0.25) is 0 Å². The smallest absolute Gasteiger partial charge is 0.243 e. The lowest BCUT2D eigenvalue weighted by atomic mass is 9.80. The average Bonchev–Trinajstić information content (AvgIpc) is 3.49. The van der Waals surface area contributed by atoms with E-state index in [2.05, 4.69) is 28.0 Å². The zero-order valence-electron chi connectivity index (χ0n) is 18.4. The monoisotopic (exact) mass is 420 g/mol. The molecule has 0 aliphatic carbocycles. The SMILES string of the molecule is C#CCCC1(CCC(=O)N(CCSCCC=C)C(C(=O)NC)C(C)(C)CC)N=N1. The van der Waals surface area contributed by atoms with Crippen LogP contribution in [0.5, 0.6) is 0 Å². The van der Waals surface area contributed by atoms with Crippen molar-refractivity contribution in [2.75, 3.05) is 25.1 Å². The molecule has 0 aromatic rings. The predicted octanol–water partition coefficient (Wildman–Crippen LogP) is 4.03. The summed E-state index contributed by atoms with van der Waals surface area (Å²) in [6, 6.07) is -0.514. The van der Waals surface area contributed by atoms with Gasteiger partial charge in [0.25, 0.3) is 0 Å². The second kappa shape index (κ2) is 12.0. The van der Waals surface area contributed by atoms with E-state index < -0.39 is 11.7 Å². The van der Waals surface area contributed by atoms with Crippen molar-refractivity contribution in [1.82, 2.24) is 10.2 Å². The van der Waals surface area contributed by atoms with Crippen molar-refractivity contribution in [3.8, 4) is 12.3 Å². The maximum atomic E-state index is 13.2. The standard InChI is InChI=1S/C22H36N4O2S/c1-7-10-13-22(24-25-22)14-12-18(27)26(15-17-29-16-11-8-2)19(20(28)23-6)21(4,5)9-3/h1,8,19H,2,9-17H2,3-6H3,(H,23,28). The molecule has 7 heteroatoms. The van der Waals surface area contributed by atoms with Crippen LogP contribution in [-0.4, -0.2) is 53.5 Å². The first-order chi connectivity index (χ1) is 13.8. The molecule has 0 radical (unpaired) electrons. The molecule has 0 spiro atoms. The first kappa shape index (κ1) is 25.2. The predicted molar refractivity (Wildman–Crippen MR) is 121 cm³/mol. The molecule has 29 heavy (non-hydrogen) atoms. The van der Waals surface area contributed by atoms with Crippen molar-refractivity contribution in [2.24, 2.45) is 15.6 Å². The highest BCUT2D eigenvalue weighted by Gasteiger charge is 2.43. The molecule has 162 valence electrons. The lowest BCUT2D eigenvalue weighted by Crippen LogP contribution is -2.56. The van der Waals surface area contributed by atoms with E-state index in [1.807, 2.05) is 26.8 Å². The quantitative estimate of drug-likeness (QED) is 0.247. The summed E-state index contributed by atoms with van der Waals surface area (Å²) in [7, 11) is 1.62. The molecule has 2 amide bonds. The minimum Gasteiger partial charge on any atom is -0.357 e. The van der Waals surface area contributed by atoms with E-state index in [1.54, 1.807) is 23.7 Å². The minimum atomic E-state index is -0.514. The van der Waals surface area contributed by atoms with Crippen molar-refractivity contribution in [2.45, 2.75) is 71.0 Å². The van der Waals surface area contributed by atoms with Gasteiger partial charge in [-0.3, -0.25) is 9.59 Å². The van der Waals surface area contributed by atoms with E-state index in [4.69, 9.17) is 6.42 Å². The van der Waals surface area contributed by atoms with E-state index in [1.165, 1.54) is 0 Å². The Labute approximate surface area is 180 Å². The number of nitrogens with one attached hydrogen (secondary N) is 1. The second-order valence-corrected chi connectivity index (χ2v) is 9.25. The Morgan fingerprint density at radius 2 is 2.03 bits per heavy atom. The van der Waals surface area contributed by atoms with Gasteiger partial charge in [-0.2, -0.15) is 22.0 Å². The van der Waals surface area contributed by atoms with Crippen LogP contribution in [-0.2, 0) is 9.59 Å². The van der Waals surface area contributed by atoms with Gasteiger partial charge in [0, 0.05) is 45.0 Å². The van der Waals surface area contributed by atoms with Crippen LogP contribution in [0.1, 0.15) is 59.3 Å². The van der Waals surface area contributed by atoms with Crippen LogP contribution in [0.4, 0.5) is 0 Å². The maximum absolute atomic E-state index is 13.2. The van der Waals surface area contributed by atoms with Gasteiger partial charge in [0.15, 0.2) is 5.66 Å². The number of hydrogen-bond donors (Lipinski definition) is 1. The van der Waals surface area contributed by atoms with Gasteiger partial charge in [0.05, 0.1) is 0 Å². The third kappa shape index (κ3) is 7.85. The van der Waals surface area contributed by atoms with Crippen LogP contribution in [0.15, 0.2) is 22.9 Å². The fourth-order valence-electron chi connectivity index (χ4n) is 3.20. The number of nitrogens with zero attached hydrogens (tertiary/aromatic N) is 3. The molecule has 0 saturated heterocycles. The number of thioether (sulfide) groups is 1. The van der Waals surface area contributed by atoms with Crippen LogP contribution in [0.3, 0.4) is 0 Å². The zero-order valence-corrected chi connectivity index (χ0v) is 19.2. The van der Waals surface area contributed by atoms with Gasteiger partial charge in [0.1, 0.15) is 6.04 Å². The summed E-state index contributed by atoms with van der Waals surface area (Å²) in [5.41, 5.74) is -0.827. The first-order valence-corrected chi connectivity index (χ1v) is 11.5. The summed E-state index contributed by atoms with van der Waals surface area (Å²) in [4.78, 5) is 27.8. The van der Waals surface area contributed by atoms with Gasteiger partial charge in [-0.05, 0) is 24.0 Å². The number of amides is 2. The molecule has 1 aliphatic heterocycles.